The summed E-state index contributed by atoms with van der Waals surface area (Å²) in [5, 5.41) is 3.60. The van der Waals surface area contributed by atoms with Crippen molar-refractivity contribution in [1.82, 2.24) is 4.90 Å². The Bertz CT molecular complexity index is 1050. The number of nitrogens with one attached hydrogen (secondary N) is 1. The first-order chi connectivity index (χ1) is 16.0. The number of benzene rings is 2. The van der Waals surface area contributed by atoms with Crippen molar-refractivity contribution in [2.75, 3.05) is 10.2 Å². The van der Waals surface area contributed by atoms with Crippen LogP contribution in [0.5, 0.6) is 0 Å². The lowest BCUT2D eigenvalue weighted by Crippen LogP contribution is -2.54. The predicted molar refractivity (Wildman–Crippen MR) is 128 cm³/mol. The molecule has 5 rings (SSSR count). The quantitative estimate of drug-likeness (QED) is 0.702. The minimum Gasteiger partial charge on any atom is -0.378 e. The fraction of sp³-hybridized carbons (Fsp3) is 0.444. The van der Waals surface area contributed by atoms with Crippen molar-refractivity contribution < 1.29 is 14.4 Å². The van der Waals surface area contributed by atoms with E-state index in [4.69, 9.17) is 0 Å². The normalized spacial score (nSPS) is 27.7. The van der Waals surface area contributed by atoms with E-state index in [9.17, 15) is 14.4 Å². The van der Waals surface area contributed by atoms with E-state index in [0.717, 1.165) is 49.0 Å². The zero-order valence-corrected chi connectivity index (χ0v) is 19.2. The Morgan fingerprint density at radius 2 is 1.55 bits per heavy atom. The van der Waals surface area contributed by atoms with Crippen molar-refractivity contribution in [3.8, 4) is 0 Å². The first kappa shape index (κ1) is 21.7. The number of nitrogens with zero attached hydrogens (tertiary/aromatic N) is 2. The molecule has 2 aromatic carbocycles. The molecule has 0 bridgehead atoms. The van der Waals surface area contributed by atoms with Crippen LogP contribution in [0.25, 0.3) is 0 Å². The molecule has 2 heterocycles. The van der Waals surface area contributed by atoms with Crippen LogP contribution in [0.2, 0.25) is 0 Å². The Labute approximate surface area is 194 Å². The summed E-state index contributed by atoms with van der Waals surface area (Å²) in [5.41, 5.74) is 2.93. The van der Waals surface area contributed by atoms with Crippen LogP contribution in [-0.2, 0) is 14.4 Å². The first-order valence-corrected chi connectivity index (χ1v) is 12.1. The molecule has 0 radical (unpaired) electrons. The fourth-order valence-corrected chi connectivity index (χ4v) is 5.90. The fourth-order valence-electron chi connectivity index (χ4n) is 5.90. The molecule has 1 aliphatic carbocycles. The molecule has 33 heavy (non-hydrogen) atoms. The van der Waals surface area contributed by atoms with Crippen molar-refractivity contribution >= 4 is 29.1 Å². The molecule has 6 nitrogen and oxygen atoms in total. The first-order valence-electron chi connectivity index (χ1n) is 12.1. The van der Waals surface area contributed by atoms with Gasteiger partial charge >= 0.3 is 0 Å². The summed E-state index contributed by atoms with van der Waals surface area (Å²) in [6.45, 7) is 3.74. The molecular weight excluding hydrogens is 414 g/mol. The van der Waals surface area contributed by atoms with E-state index in [1.54, 1.807) is 11.8 Å². The smallest absolute Gasteiger partial charge is 0.250 e. The second-order valence-corrected chi connectivity index (χ2v) is 9.63. The lowest BCUT2D eigenvalue weighted by atomic mass is 9.81. The Hall–Kier alpha value is -3.15. The van der Waals surface area contributed by atoms with Gasteiger partial charge in [-0.15, -0.1) is 0 Å². The monoisotopic (exact) mass is 445 g/mol. The van der Waals surface area contributed by atoms with Crippen LogP contribution < -0.4 is 10.2 Å². The van der Waals surface area contributed by atoms with Gasteiger partial charge in [-0.2, -0.15) is 0 Å². The number of carbonyl (C=O) groups is 3. The molecule has 172 valence electrons. The molecule has 1 N–H and O–H groups in total. The van der Waals surface area contributed by atoms with Gasteiger partial charge in [0.05, 0.1) is 17.9 Å². The number of carbonyl (C=O) groups excluding carboxylic acids is 3. The largest absolute Gasteiger partial charge is 0.378 e. The number of rotatable bonds is 4. The minimum atomic E-state index is -0.801. The van der Waals surface area contributed by atoms with Gasteiger partial charge in [0, 0.05) is 17.4 Å². The van der Waals surface area contributed by atoms with Crippen molar-refractivity contribution in [2.45, 2.75) is 64.1 Å². The van der Waals surface area contributed by atoms with Gasteiger partial charge in [0.2, 0.25) is 17.7 Å². The van der Waals surface area contributed by atoms with Crippen LogP contribution in [0.1, 0.15) is 57.6 Å². The van der Waals surface area contributed by atoms with E-state index in [1.165, 1.54) is 4.90 Å². The van der Waals surface area contributed by atoms with Crippen LogP contribution in [0.3, 0.4) is 0 Å². The van der Waals surface area contributed by atoms with Crippen molar-refractivity contribution in [3.63, 3.8) is 0 Å². The third-order valence-electron chi connectivity index (χ3n) is 7.56. The van der Waals surface area contributed by atoms with Gasteiger partial charge in [0.1, 0.15) is 6.04 Å². The van der Waals surface area contributed by atoms with Gasteiger partial charge in [-0.25, -0.2) is 0 Å². The molecule has 0 spiro atoms. The summed E-state index contributed by atoms with van der Waals surface area (Å²) in [6.07, 6.45) is 4.19. The minimum absolute atomic E-state index is 0.0656. The Kier molecular flexibility index (Phi) is 5.69. The van der Waals surface area contributed by atoms with Gasteiger partial charge in [0.25, 0.3) is 0 Å². The zero-order chi connectivity index (χ0) is 23.1. The standard InChI is InChI=1S/C27H31N3O3/c1-17-16-23(28-19-10-4-3-5-11-19)22-14-8-9-15-24(22)29(17)25(31)18(2)30-26(32)20-12-6-7-13-21(20)27(30)33/h3-5,8-11,14-15,17-18,20-21,23,28H,6-7,12-13,16H2,1-2H3/t17-,18-,20-,21+,23+/m1/s1. The van der Waals surface area contributed by atoms with Gasteiger partial charge in [-0.3, -0.25) is 19.3 Å². The molecule has 3 amide bonds. The Balaban J connectivity index is 1.42. The van der Waals surface area contributed by atoms with E-state index >= 15 is 0 Å². The molecule has 6 heteroatoms. The summed E-state index contributed by atoms with van der Waals surface area (Å²) in [7, 11) is 0. The molecule has 5 atom stereocenters. The van der Waals surface area contributed by atoms with Gasteiger partial charge in [-0.1, -0.05) is 49.2 Å². The maximum Gasteiger partial charge on any atom is 0.250 e. The van der Waals surface area contributed by atoms with Gasteiger partial charge in [0.15, 0.2) is 0 Å². The average Bonchev–Trinajstić information content (AvgIpc) is 3.09. The summed E-state index contributed by atoms with van der Waals surface area (Å²) >= 11 is 0. The molecule has 3 aliphatic rings. The second-order valence-electron chi connectivity index (χ2n) is 9.63. The summed E-state index contributed by atoms with van der Waals surface area (Å²) in [6, 6.07) is 17.2. The van der Waals surface area contributed by atoms with Gasteiger partial charge in [-0.05, 0) is 56.9 Å². The SMILES string of the molecule is C[C@H](C(=O)N1c2ccccc2[C@@H](Nc2ccccc2)C[C@H]1C)N1C(=O)[C@H]2CCCC[C@H]2C1=O. The topological polar surface area (TPSA) is 69.7 Å². The molecule has 0 unspecified atom stereocenters. The van der Waals surface area contributed by atoms with Crippen LogP contribution in [0.4, 0.5) is 11.4 Å². The zero-order valence-electron chi connectivity index (χ0n) is 19.2. The third kappa shape index (κ3) is 3.71. The van der Waals surface area contributed by atoms with Crippen LogP contribution in [0.15, 0.2) is 54.6 Å². The molecular formula is C27H31N3O3. The lowest BCUT2D eigenvalue weighted by molar-refractivity contribution is -0.146. The number of para-hydroxylation sites is 2. The highest BCUT2D eigenvalue weighted by atomic mass is 16.2. The van der Waals surface area contributed by atoms with E-state index < -0.39 is 6.04 Å². The van der Waals surface area contributed by atoms with E-state index in [2.05, 4.69) is 5.32 Å². The molecule has 1 saturated heterocycles. The highest BCUT2D eigenvalue weighted by Crippen LogP contribution is 2.42. The predicted octanol–water partition coefficient (Wildman–Crippen LogP) is 4.53. The van der Waals surface area contributed by atoms with Crippen LogP contribution in [0, 0.1) is 11.8 Å². The third-order valence-corrected chi connectivity index (χ3v) is 7.56. The van der Waals surface area contributed by atoms with Crippen LogP contribution >= 0.6 is 0 Å². The Morgan fingerprint density at radius 3 is 2.21 bits per heavy atom. The number of hydrogen-bond donors (Lipinski definition) is 1. The average molecular weight is 446 g/mol. The number of fused-ring (bicyclic) bond motifs is 2. The molecule has 2 aliphatic heterocycles. The lowest BCUT2D eigenvalue weighted by Gasteiger charge is -2.41. The number of imide groups is 1. The number of amides is 3. The van der Waals surface area contributed by atoms with Gasteiger partial charge < -0.3 is 10.2 Å². The van der Waals surface area contributed by atoms with Crippen molar-refractivity contribution in [2.24, 2.45) is 11.8 Å². The molecule has 2 fully saturated rings. The summed E-state index contributed by atoms with van der Waals surface area (Å²) < 4.78 is 0. The number of hydrogen-bond acceptors (Lipinski definition) is 4. The molecule has 1 saturated carbocycles. The van der Waals surface area contributed by atoms with E-state index in [-0.39, 0.29) is 41.6 Å². The molecule has 0 aromatic heterocycles. The van der Waals surface area contributed by atoms with Crippen LogP contribution in [-0.4, -0.2) is 34.7 Å². The second kappa shape index (κ2) is 8.65. The van der Waals surface area contributed by atoms with Crippen molar-refractivity contribution in [1.29, 1.82) is 0 Å². The van der Waals surface area contributed by atoms with E-state index in [0.29, 0.717) is 0 Å². The number of anilines is 2. The molecule has 2 aromatic rings. The number of likely N-dealkylation sites (tertiary alicyclic amines) is 1. The Morgan fingerprint density at radius 1 is 0.939 bits per heavy atom. The highest BCUT2D eigenvalue weighted by molar-refractivity contribution is 6.10. The summed E-state index contributed by atoms with van der Waals surface area (Å²) in [4.78, 5) is 43.0. The maximum atomic E-state index is 13.8. The van der Waals surface area contributed by atoms with Crippen molar-refractivity contribution in [3.05, 3.63) is 60.2 Å². The summed E-state index contributed by atoms with van der Waals surface area (Å²) in [5.74, 6) is -0.994. The highest BCUT2D eigenvalue weighted by Gasteiger charge is 2.51. The maximum absolute atomic E-state index is 13.8. The van der Waals surface area contributed by atoms with E-state index in [1.807, 2.05) is 61.5 Å².